The molecule has 1 unspecified atom stereocenters. The van der Waals surface area contributed by atoms with Gasteiger partial charge in [0.1, 0.15) is 16.4 Å². The average Bonchev–Trinajstić information content (AvgIpc) is 2.87. The maximum absolute atomic E-state index is 10.6. The van der Waals surface area contributed by atoms with Gasteiger partial charge < -0.3 is 9.15 Å². The van der Waals surface area contributed by atoms with E-state index in [1.807, 2.05) is 18.2 Å². The molecule has 19 heavy (non-hydrogen) atoms. The van der Waals surface area contributed by atoms with Crippen LogP contribution >= 0.6 is 31.9 Å². The van der Waals surface area contributed by atoms with E-state index in [4.69, 9.17) is 9.15 Å². The van der Waals surface area contributed by atoms with Crippen LogP contribution in [0.15, 0.2) is 39.2 Å². The van der Waals surface area contributed by atoms with Crippen LogP contribution in [0.2, 0.25) is 0 Å². The van der Waals surface area contributed by atoms with Crippen LogP contribution in [0.25, 0.3) is 0 Å². The lowest BCUT2D eigenvalue weighted by Gasteiger charge is -2.10. The molecule has 0 aliphatic heterocycles. The number of furan rings is 1. The minimum Gasteiger partial charge on any atom is -0.497 e. The number of rotatable bonds is 4. The van der Waals surface area contributed by atoms with Crippen LogP contribution in [0.5, 0.6) is 5.75 Å². The van der Waals surface area contributed by atoms with Gasteiger partial charge in [-0.15, -0.1) is 0 Å². The van der Waals surface area contributed by atoms with E-state index in [-0.39, 0.29) is 10.7 Å². The minimum absolute atomic E-state index is 0.274. The molecule has 0 fully saturated rings. The van der Waals surface area contributed by atoms with Gasteiger partial charge >= 0.3 is 5.88 Å². The Morgan fingerprint density at radius 2 is 2.11 bits per heavy atom. The van der Waals surface area contributed by atoms with E-state index >= 15 is 0 Å². The summed E-state index contributed by atoms with van der Waals surface area (Å²) >= 11 is 6.90. The fourth-order valence-electron chi connectivity index (χ4n) is 1.57. The van der Waals surface area contributed by atoms with Crippen molar-refractivity contribution in [3.05, 3.63) is 56.2 Å². The largest absolute Gasteiger partial charge is 0.497 e. The van der Waals surface area contributed by atoms with Crippen LogP contribution in [-0.2, 0) is 0 Å². The third-order valence-electron chi connectivity index (χ3n) is 2.52. The summed E-state index contributed by atoms with van der Waals surface area (Å²) in [6.07, 6.45) is 0. The Kier molecular flexibility index (Phi) is 4.26. The predicted molar refractivity (Wildman–Crippen MR) is 76.8 cm³/mol. The molecule has 0 saturated carbocycles. The van der Waals surface area contributed by atoms with Gasteiger partial charge in [0.15, 0.2) is 0 Å². The van der Waals surface area contributed by atoms with E-state index in [9.17, 15) is 10.1 Å². The first-order valence-electron chi connectivity index (χ1n) is 5.24. The number of methoxy groups -OCH3 is 1. The standard InChI is InChI=1S/C12H9Br2NO4/c1-18-7-2-3-8(9(13)6-7)12(14)10-4-5-11(19-10)15(16)17/h2-6,12H,1H3. The van der Waals surface area contributed by atoms with Gasteiger partial charge in [-0.05, 0) is 23.8 Å². The van der Waals surface area contributed by atoms with Gasteiger partial charge in [-0.1, -0.05) is 37.9 Å². The lowest BCUT2D eigenvalue weighted by Crippen LogP contribution is -1.93. The molecule has 0 aliphatic carbocycles. The number of alkyl halides is 1. The smallest absolute Gasteiger partial charge is 0.433 e. The van der Waals surface area contributed by atoms with Gasteiger partial charge in [-0.3, -0.25) is 10.1 Å². The number of nitrogens with zero attached hydrogens (tertiary/aromatic N) is 1. The summed E-state index contributed by atoms with van der Waals surface area (Å²) in [6, 6.07) is 8.40. The van der Waals surface area contributed by atoms with Gasteiger partial charge in [0.2, 0.25) is 0 Å². The van der Waals surface area contributed by atoms with Crippen molar-refractivity contribution in [3.8, 4) is 5.75 Å². The second-order valence-corrected chi connectivity index (χ2v) is 5.45. The zero-order chi connectivity index (χ0) is 14.0. The second kappa shape index (κ2) is 5.75. The molecule has 0 aliphatic rings. The molecule has 1 atom stereocenters. The number of halogens is 2. The van der Waals surface area contributed by atoms with E-state index in [0.717, 1.165) is 15.8 Å². The summed E-state index contributed by atoms with van der Waals surface area (Å²) in [5.41, 5.74) is 0.894. The van der Waals surface area contributed by atoms with Crippen molar-refractivity contribution in [2.24, 2.45) is 0 Å². The number of benzene rings is 1. The second-order valence-electron chi connectivity index (χ2n) is 3.68. The van der Waals surface area contributed by atoms with Crippen LogP contribution in [0.4, 0.5) is 5.88 Å². The molecule has 2 rings (SSSR count). The molecule has 0 N–H and O–H groups in total. The zero-order valence-electron chi connectivity index (χ0n) is 9.80. The molecule has 5 nitrogen and oxygen atoms in total. The average molecular weight is 391 g/mol. The molecule has 0 radical (unpaired) electrons. The first-order valence-corrected chi connectivity index (χ1v) is 6.95. The number of hydrogen-bond acceptors (Lipinski definition) is 4. The van der Waals surface area contributed by atoms with Gasteiger partial charge in [0.25, 0.3) is 0 Å². The quantitative estimate of drug-likeness (QED) is 0.439. The Morgan fingerprint density at radius 3 is 2.63 bits per heavy atom. The van der Waals surface area contributed by atoms with Crippen molar-refractivity contribution in [3.63, 3.8) is 0 Å². The highest BCUT2D eigenvalue weighted by molar-refractivity contribution is 9.11. The molecule has 7 heteroatoms. The molecule has 100 valence electrons. The first kappa shape index (κ1) is 14.1. The molecule has 2 aromatic rings. The molecule has 0 spiro atoms. The van der Waals surface area contributed by atoms with Gasteiger partial charge in [-0.2, -0.15) is 0 Å². The molecular weight excluding hydrogens is 382 g/mol. The van der Waals surface area contributed by atoms with Crippen molar-refractivity contribution < 1.29 is 14.1 Å². The number of ether oxygens (including phenoxy) is 1. The minimum atomic E-state index is -0.563. The first-order chi connectivity index (χ1) is 9.02. The van der Waals surface area contributed by atoms with Crippen LogP contribution < -0.4 is 4.74 Å². The third-order valence-corrected chi connectivity index (χ3v) is 4.15. The summed E-state index contributed by atoms with van der Waals surface area (Å²) in [5.74, 6) is 0.919. The molecule has 0 amide bonds. The Labute approximate surface area is 126 Å². The Morgan fingerprint density at radius 1 is 1.37 bits per heavy atom. The third kappa shape index (κ3) is 2.98. The Hall–Kier alpha value is -1.34. The summed E-state index contributed by atoms with van der Waals surface area (Å²) in [7, 11) is 1.59. The Balaban J connectivity index is 2.32. The highest BCUT2D eigenvalue weighted by atomic mass is 79.9. The summed E-state index contributed by atoms with van der Waals surface area (Å²) < 4.78 is 11.1. The highest BCUT2D eigenvalue weighted by Gasteiger charge is 2.21. The van der Waals surface area contributed by atoms with Crippen molar-refractivity contribution in [2.75, 3.05) is 7.11 Å². The van der Waals surface area contributed by atoms with E-state index in [1.165, 1.54) is 6.07 Å². The van der Waals surface area contributed by atoms with Crippen molar-refractivity contribution in [1.29, 1.82) is 0 Å². The molecule has 0 bridgehead atoms. The summed E-state index contributed by atoms with van der Waals surface area (Å²) in [5, 5.41) is 10.6. The van der Waals surface area contributed by atoms with Crippen LogP contribution in [-0.4, -0.2) is 12.0 Å². The van der Waals surface area contributed by atoms with E-state index < -0.39 is 4.92 Å². The van der Waals surface area contributed by atoms with Gasteiger partial charge in [0.05, 0.1) is 18.0 Å². The summed E-state index contributed by atoms with van der Waals surface area (Å²) in [6.45, 7) is 0. The van der Waals surface area contributed by atoms with E-state index in [2.05, 4.69) is 31.9 Å². The SMILES string of the molecule is COc1ccc(C(Br)c2ccc([N+](=O)[O-])o2)c(Br)c1. The lowest BCUT2D eigenvalue weighted by atomic mass is 10.1. The van der Waals surface area contributed by atoms with Crippen LogP contribution in [0.3, 0.4) is 0 Å². The number of hydrogen-bond donors (Lipinski definition) is 0. The molecule has 1 aromatic carbocycles. The van der Waals surface area contributed by atoms with Gasteiger partial charge in [-0.25, -0.2) is 0 Å². The van der Waals surface area contributed by atoms with Crippen molar-refractivity contribution in [1.82, 2.24) is 0 Å². The Bertz CT molecular complexity index is 612. The van der Waals surface area contributed by atoms with Gasteiger partial charge in [0, 0.05) is 4.47 Å². The van der Waals surface area contributed by atoms with E-state index in [1.54, 1.807) is 13.2 Å². The fraction of sp³-hybridized carbons (Fsp3) is 0.167. The predicted octanol–water partition coefficient (Wildman–Crippen LogP) is 4.44. The molecule has 0 saturated heterocycles. The molecular formula is C12H9Br2NO4. The molecule has 1 heterocycles. The van der Waals surface area contributed by atoms with Crippen molar-refractivity contribution >= 4 is 37.7 Å². The highest BCUT2D eigenvalue weighted by Crippen LogP contribution is 2.38. The maximum atomic E-state index is 10.6. The summed E-state index contributed by atoms with van der Waals surface area (Å²) in [4.78, 5) is 9.75. The zero-order valence-corrected chi connectivity index (χ0v) is 13.0. The fourth-order valence-corrected chi connectivity index (χ4v) is 3.11. The molecule has 1 aromatic heterocycles. The van der Waals surface area contributed by atoms with Crippen molar-refractivity contribution in [2.45, 2.75) is 4.83 Å². The normalized spacial score (nSPS) is 12.2. The maximum Gasteiger partial charge on any atom is 0.433 e. The van der Waals surface area contributed by atoms with Crippen LogP contribution in [0.1, 0.15) is 16.2 Å². The van der Waals surface area contributed by atoms with E-state index in [0.29, 0.717) is 5.76 Å². The number of nitro groups is 1. The lowest BCUT2D eigenvalue weighted by molar-refractivity contribution is -0.402. The van der Waals surface area contributed by atoms with Crippen LogP contribution in [0, 0.1) is 10.1 Å². The monoisotopic (exact) mass is 389 g/mol. The topological polar surface area (TPSA) is 65.5 Å².